The highest BCUT2D eigenvalue weighted by Crippen LogP contribution is 2.48. The van der Waals surface area contributed by atoms with E-state index in [9.17, 15) is 5.11 Å². The Kier molecular flexibility index (Phi) is 4.21. The summed E-state index contributed by atoms with van der Waals surface area (Å²) < 4.78 is 5.18. The Bertz CT molecular complexity index is 786. The molecule has 2 aromatic rings. The van der Waals surface area contributed by atoms with Gasteiger partial charge in [0.1, 0.15) is 5.75 Å². The lowest BCUT2D eigenvalue weighted by Gasteiger charge is -2.38. The highest BCUT2D eigenvalue weighted by molar-refractivity contribution is 5.83. The van der Waals surface area contributed by atoms with Crippen LogP contribution in [-0.2, 0) is 5.41 Å². The molecule has 3 rings (SSSR count). The molecule has 0 saturated heterocycles. The van der Waals surface area contributed by atoms with Crippen molar-refractivity contribution in [3.63, 3.8) is 0 Å². The largest absolute Gasteiger partial charge is 0.497 e. The van der Waals surface area contributed by atoms with Crippen LogP contribution in [0.5, 0.6) is 5.75 Å². The molecule has 5 nitrogen and oxygen atoms in total. The van der Waals surface area contributed by atoms with Crippen LogP contribution in [0.15, 0.2) is 53.6 Å². The zero-order valence-corrected chi connectivity index (χ0v) is 15.4. The van der Waals surface area contributed by atoms with Gasteiger partial charge >= 0.3 is 0 Å². The summed E-state index contributed by atoms with van der Waals surface area (Å²) in [5.74, 6) is 0.798. The van der Waals surface area contributed by atoms with Gasteiger partial charge in [0.2, 0.25) is 0 Å². The third-order valence-electron chi connectivity index (χ3n) is 5.23. The maximum atomic E-state index is 11.4. The number of fused-ring (bicyclic) bond motifs is 1. The van der Waals surface area contributed by atoms with Crippen molar-refractivity contribution in [1.82, 2.24) is 0 Å². The minimum atomic E-state index is -1.21. The molecule has 2 aromatic carbocycles. The fraction of sp³-hybridized carbons (Fsp3) is 0.350. The first kappa shape index (κ1) is 17.3. The molecule has 0 aromatic heterocycles. The molecule has 1 aliphatic rings. The van der Waals surface area contributed by atoms with E-state index in [4.69, 9.17) is 4.74 Å². The first-order valence-corrected chi connectivity index (χ1v) is 8.30. The van der Waals surface area contributed by atoms with E-state index >= 15 is 0 Å². The molecule has 0 fully saturated rings. The monoisotopic (exact) mass is 339 g/mol. The fourth-order valence-corrected chi connectivity index (χ4v) is 3.38. The number of methoxy groups -OCH3 is 1. The van der Waals surface area contributed by atoms with E-state index in [-0.39, 0.29) is 0 Å². The zero-order chi connectivity index (χ0) is 18.2. The molecule has 0 aliphatic carbocycles. The number of hydrazone groups is 1. The Morgan fingerprint density at radius 2 is 1.76 bits per heavy atom. The SMILES string of the molecule is COc1ccc(N(C)/N=C\[C@]2(O)N(C)c3ccccc3C2(C)C)cc1. The average Bonchev–Trinajstić information content (AvgIpc) is 2.79. The van der Waals surface area contributed by atoms with Gasteiger partial charge in [0.15, 0.2) is 5.72 Å². The summed E-state index contributed by atoms with van der Waals surface area (Å²) >= 11 is 0. The van der Waals surface area contributed by atoms with Crippen LogP contribution < -0.4 is 14.6 Å². The maximum absolute atomic E-state index is 11.4. The molecule has 1 aliphatic heterocycles. The van der Waals surface area contributed by atoms with E-state index in [2.05, 4.69) is 11.2 Å². The molecule has 0 spiro atoms. The normalized spacial score (nSPS) is 21.4. The van der Waals surface area contributed by atoms with Gasteiger partial charge in [0.25, 0.3) is 0 Å². The van der Waals surface area contributed by atoms with Gasteiger partial charge in [-0.15, -0.1) is 0 Å². The Balaban J connectivity index is 1.89. The van der Waals surface area contributed by atoms with Crippen LogP contribution >= 0.6 is 0 Å². The van der Waals surface area contributed by atoms with Crippen molar-refractivity contribution in [2.24, 2.45) is 5.10 Å². The number of rotatable bonds is 4. The highest BCUT2D eigenvalue weighted by atomic mass is 16.5. The molecule has 132 valence electrons. The van der Waals surface area contributed by atoms with Gasteiger partial charge in [0, 0.05) is 25.2 Å². The summed E-state index contributed by atoms with van der Waals surface area (Å²) in [6.07, 6.45) is 1.62. The second-order valence-corrected chi connectivity index (χ2v) is 6.89. The van der Waals surface area contributed by atoms with Crippen molar-refractivity contribution >= 4 is 17.6 Å². The van der Waals surface area contributed by atoms with E-state index in [0.717, 1.165) is 22.7 Å². The van der Waals surface area contributed by atoms with E-state index in [1.165, 1.54) is 0 Å². The standard InChI is InChI=1S/C20H25N3O2/c1-19(2)17-8-6-7-9-18(17)22(3)20(19,24)14-21-23(4)15-10-12-16(25-5)13-11-15/h6-14,24H,1-5H3/b21-14-/t20-/m1/s1. The van der Waals surface area contributed by atoms with Gasteiger partial charge in [-0.2, -0.15) is 5.10 Å². The van der Waals surface area contributed by atoms with Crippen LogP contribution in [0.1, 0.15) is 19.4 Å². The predicted molar refractivity (Wildman–Crippen MR) is 103 cm³/mol. The van der Waals surface area contributed by atoms with Gasteiger partial charge in [-0.3, -0.25) is 5.01 Å². The van der Waals surface area contributed by atoms with E-state index in [1.807, 2.05) is 75.3 Å². The Labute approximate surface area is 149 Å². The van der Waals surface area contributed by atoms with Crippen molar-refractivity contribution in [3.05, 3.63) is 54.1 Å². The molecule has 0 bridgehead atoms. The summed E-state index contributed by atoms with van der Waals surface area (Å²) in [5, 5.41) is 17.7. The molecule has 5 heteroatoms. The first-order valence-electron chi connectivity index (χ1n) is 8.30. The van der Waals surface area contributed by atoms with Crippen molar-refractivity contribution in [1.29, 1.82) is 0 Å². The third kappa shape index (κ3) is 2.65. The number of likely N-dealkylation sites (N-methyl/N-ethyl adjacent to an activating group) is 1. The van der Waals surface area contributed by atoms with E-state index in [1.54, 1.807) is 18.3 Å². The highest BCUT2D eigenvalue weighted by Gasteiger charge is 2.54. The number of hydrogen-bond donors (Lipinski definition) is 1. The van der Waals surface area contributed by atoms with E-state index < -0.39 is 11.1 Å². The quantitative estimate of drug-likeness (QED) is 0.686. The number of nitrogens with zero attached hydrogens (tertiary/aromatic N) is 3. The molecule has 0 saturated carbocycles. The van der Waals surface area contributed by atoms with Crippen molar-refractivity contribution in [2.75, 3.05) is 31.1 Å². The molecular formula is C20H25N3O2. The number of anilines is 2. The molecular weight excluding hydrogens is 314 g/mol. The van der Waals surface area contributed by atoms with Gasteiger partial charge in [-0.05, 0) is 35.9 Å². The van der Waals surface area contributed by atoms with Crippen molar-refractivity contribution in [3.8, 4) is 5.75 Å². The third-order valence-corrected chi connectivity index (χ3v) is 5.23. The fourth-order valence-electron chi connectivity index (χ4n) is 3.38. The van der Waals surface area contributed by atoms with Crippen LogP contribution in [-0.4, -0.2) is 38.3 Å². The van der Waals surface area contributed by atoms with Gasteiger partial charge in [-0.25, -0.2) is 0 Å². The van der Waals surface area contributed by atoms with Crippen LogP contribution in [0, 0.1) is 0 Å². The topological polar surface area (TPSA) is 48.3 Å². The lowest BCUT2D eigenvalue weighted by Crippen LogP contribution is -2.56. The minimum absolute atomic E-state index is 0.484. The second kappa shape index (κ2) is 6.08. The molecule has 25 heavy (non-hydrogen) atoms. The summed E-state index contributed by atoms with van der Waals surface area (Å²) in [6.45, 7) is 4.07. The molecule has 1 N–H and O–H groups in total. The lowest BCUT2D eigenvalue weighted by molar-refractivity contribution is 0.0585. The molecule has 0 unspecified atom stereocenters. The number of benzene rings is 2. The molecule has 1 heterocycles. The Morgan fingerprint density at radius 1 is 1.12 bits per heavy atom. The molecule has 0 amide bonds. The number of hydrogen-bond acceptors (Lipinski definition) is 5. The van der Waals surface area contributed by atoms with Crippen molar-refractivity contribution < 1.29 is 9.84 Å². The smallest absolute Gasteiger partial charge is 0.185 e. The Hall–Kier alpha value is -2.53. The van der Waals surface area contributed by atoms with Crippen LogP contribution in [0.25, 0.3) is 0 Å². The Morgan fingerprint density at radius 3 is 2.36 bits per heavy atom. The van der Waals surface area contributed by atoms with Gasteiger partial charge in [0.05, 0.1) is 19.0 Å². The summed E-state index contributed by atoms with van der Waals surface area (Å²) in [4.78, 5) is 1.88. The van der Waals surface area contributed by atoms with Crippen molar-refractivity contribution in [2.45, 2.75) is 25.0 Å². The minimum Gasteiger partial charge on any atom is -0.497 e. The van der Waals surface area contributed by atoms with Crippen LogP contribution in [0.4, 0.5) is 11.4 Å². The molecule has 0 radical (unpaired) electrons. The van der Waals surface area contributed by atoms with Gasteiger partial charge in [-0.1, -0.05) is 32.0 Å². The first-order chi connectivity index (χ1) is 11.8. The van der Waals surface area contributed by atoms with Crippen LogP contribution in [0.3, 0.4) is 0 Å². The lowest BCUT2D eigenvalue weighted by atomic mass is 9.78. The van der Waals surface area contributed by atoms with Gasteiger partial charge < -0.3 is 14.7 Å². The molecule has 1 atom stereocenters. The van der Waals surface area contributed by atoms with E-state index in [0.29, 0.717) is 0 Å². The average molecular weight is 339 g/mol. The maximum Gasteiger partial charge on any atom is 0.185 e. The number of aliphatic hydroxyl groups is 1. The number of ether oxygens (including phenoxy) is 1. The summed E-state index contributed by atoms with van der Waals surface area (Å²) in [5.41, 5.74) is 1.35. The number of para-hydroxylation sites is 1. The summed E-state index contributed by atoms with van der Waals surface area (Å²) in [6, 6.07) is 15.7. The summed E-state index contributed by atoms with van der Waals surface area (Å²) in [7, 11) is 5.39. The second-order valence-electron chi connectivity index (χ2n) is 6.89. The van der Waals surface area contributed by atoms with Crippen LogP contribution in [0.2, 0.25) is 0 Å². The predicted octanol–water partition coefficient (Wildman–Crippen LogP) is 3.23. The zero-order valence-electron chi connectivity index (χ0n) is 15.4.